The second-order valence-corrected chi connectivity index (χ2v) is 6.73. The van der Waals surface area contributed by atoms with Gasteiger partial charge in [-0.1, -0.05) is 24.3 Å². The second-order valence-electron chi connectivity index (χ2n) is 4.90. The van der Waals surface area contributed by atoms with Crippen molar-refractivity contribution in [2.45, 2.75) is 18.2 Å². The van der Waals surface area contributed by atoms with Gasteiger partial charge in [-0.25, -0.2) is 12.8 Å². The average Bonchev–Trinajstić information content (AvgIpc) is 2.51. The van der Waals surface area contributed by atoms with E-state index in [1.807, 2.05) is 0 Å². The molecule has 0 spiro atoms. The first kappa shape index (κ1) is 16.5. The van der Waals surface area contributed by atoms with Crippen LogP contribution in [-0.2, 0) is 10.0 Å². The van der Waals surface area contributed by atoms with E-state index in [0.29, 0.717) is 17.7 Å². The molecule has 1 N–H and O–H groups in total. The van der Waals surface area contributed by atoms with Gasteiger partial charge in [0, 0.05) is 13.2 Å². The van der Waals surface area contributed by atoms with Crippen LogP contribution in [0.5, 0.6) is 0 Å². The molecule has 2 aromatic rings. The van der Waals surface area contributed by atoms with E-state index in [0.717, 1.165) is 6.07 Å². The number of hydrogen-bond donors (Lipinski definition) is 1. The Bertz CT molecular complexity index is 732. The molecule has 6 heteroatoms. The predicted octanol–water partition coefficient (Wildman–Crippen LogP) is 2.71. The highest BCUT2D eigenvalue weighted by atomic mass is 32.2. The highest BCUT2D eigenvalue weighted by molar-refractivity contribution is 7.92. The molecule has 0 saturated heterocycles. The number of aliphatic hydroxyl groups excluding tert-OH is 1. The first-order valence-electron chi connectivity index (χ1n) is 6.91. The second kappa shape index (κ2) is 6.89. The van der Waals surface area contributed by atoms with Gasteiger partial charge in [0.2, 0.25) is 0 Å². The number of sulfonamides is 1. The summed E-state index contributed by atoms with van der Waals surface area (Å²) in [6, 6.07) is 12.3. The number of halogens is 1. The quantitative estimate of drug-likeness (QED) is 0.889. The van der Waals surface area contributed by atoms with E-state index in [4.69, 9.17) is 5.11 Å². The van der Waals surface area contributed by atoms with Gasteiger partial charge in [0.1, 0.15) is 5.82 Å². The molecule has 0 aliphatic rings. The summed E-state index contributed by atoms with van der Waals surface area (Å²) in [4.78, 5) is -0.0608. The average molecular weight is 323 g/mol. The Morgan fingerprint density at radius 3 is 2.45 bits per heavy atom. The molecular weight excluding hydrogens is 305 g/mol. The number of rotatable bonds is 6. The van der Waals surface area contributed by atoms with Crippen molar-refractivity contribution in [3.63, 3.8) is 0 Å². The lowest BCUT2D eigenvalue weighted by atomic mass is 10.2. The minimum atomic E-state index is -3.90. The summed E-state index contributed by atoms with van der Waals surface area (Å²) in [5.74, 6) is -0.598. The monoisotopic (exact) mass is 323 g/mol. The molecule has 0 aliphatic heterocycles. The molecule has 0 amide bonds. The Labute approximate surface area is 129 Å². The molecule has 118 valence electrons. The number of aliphatic hydroxyl groups is 1. The van der Waals surface area contributed by atoms with Crippen LogP contribution in [0.15, 0.2) is 53.4 Å². The van der Waals surface area contributed by atoms with Gasteiger partial charge >= 0.3 is 0 Å². The van der Waals surface area contributed by atoms with Crippen LogP contribution < -0.4 is 4.31 Å². The fraction of sp³-hybridized carbons (Fsp3) is 0.250. The standard InChI is InChI=1S/C16H18FNO3S/c1-13-8-9-14(17)12-16(13)22(20,21)18(10-5-11-19)15-6-3-2-4-7-15/h2-4,6-9,12,19H,5,10-11H2,1H3. The highest BCUT2D eigenvalue weighted by Gasteiger charge is 2.26. The van der Waals surface area contributed by atoms with Crippen molar-refractivity contribution in [3.05, 3.63) is 59.9 Å². The van der Waals surface area contributed by atoms with Crippen molar-refractivity contribution in [1.29, 1.82) is 0 Å². The molecule has 0 unspecified atom stereocenters. The first-order valence-corrected chi connectivity index (χ1v) is 8.35. The van der Waals surface area contributed by atoms with Crippen LogP contribution in [0.2, 0.25) is 0 Å². The van der Waals surface area contributed by atoms with E-state index >= 15 is 0 Å². The largest absolute Gasteiger partial charge is 0.396 e. The van der Waals surface area contributed by atoms with Crippen molar-refractivity contribution < 1.29 is 17.9 Å². The van der Waals surface area contributed by atoms with Gasteiger partial charge < -0.3 is 5.11 Å². The molecule has 0 fully saturated rings. The third-order valence-electron chi connectivity index (χ3n) is 3.28. The molecule has 4 nitrogen and oxygen atoms in total. The van der Waals surface area contributed by atoms with Crippen LogP contribution in [0.1, 0.15) is 12.0 Å². The summed E-state index contributed by atoms with van der Waals surface area (Å²) in [5, 5.41) is 9.02. The topological polar surface area (TPSA) is 57.6 Å². The Hall–Kier alpha value is -1.92. The maximum atomic E-state index is 13.5. The number of nitrogens with zero attached hydrogens (tertiary/aromatic N) is 1. The van der Waals surface area contributed by atoms with Gasteiger partial charge in [-0.2, -0.15) is 0 Å². The number of benzene rings is 2. The summed E-state index contributed by atoms with van der Waals surface area (Å²) in [5.41, 5.74) is 0.964. The lowest BCUT2D eigenvalue weighted by Crippen LogP contribution is -2.33. The van der Waals surface area contributed by atoms with Crippen LogP contribution in [-0.4, -0.2) is 26.7 Å². The zero-order chi connectivity index (χ0) is 16.2. The summed E-state index contributed by atoms with van der Waals surface area (Å²) in [6.07, 6.45) is 0.294. The summed E-state index contributed by atoms with van der Waals surface area (Å²) < 4.78 is 40.5. The van der Waals surface area contributed by atoms with E-state index in [1.165, 1.54) is 16.4 Å². The Morgan fingerprint density at radius 1 is 1.14 bits per heavy atom. The van der Waals surface area contributed by atoms with Crippen molar-refractivity contribution in [3.8, 4) is 0 Å². The van der Waals surface area contributed by atoms with E-state index in [-0.39, 0.29) is 18.0 Å². The Morgan fingerprint density at radius 2 is 1.82 bits per heavy atom. The fourth-order valence-electron chi connectivity index (χ4n) is 2.17. The number of aryl methyl sites for hydroxylation is 1. The summed E-state index contributed by atoms with van der Waals surface area (Å²) >= 11 is 0. The summed E-state index contributed by atoms with van der Waals surface area (Å²) in [7, 11) is -3.90. The van der Waals surface area contributed by atoms with E-state index in [9.17, 15) is 12.8 Å². The molecule has 0 aromatic heterocycles. The minimum Gasteiger partial charge on any atom is -0.396 e. The van der Waals surface area contributed by atoms with Crippen LogP contribution in [0.4, 0.5) is 10.1 Å². The lowest BCUT2D eigenvalue weighted by Gasteiger charge is -2.25. The van der Waals surface area contributed by atoms with Crippen molar-refractivity contribution in [1.82, 2.24) is 0 Å². The number of hydrogen-bond acceptors (Lipinski definition) is 3. The fourth-order valence-corrected chi connectivity index (χ4v) is 3.91. The van der Waals surface area contributed by atoms with Gasteiger partial charge in [-0.15, -0.1) is 0 Å². The molecule has 2 rings (SSSR count). The zero-order valence-electron chi connectivity index (χ0n) is 12.2. The molecule has 22 heavy (non-hydrogen) atoms. The third kappa shape index (κ3) is 3.45. The van der Waals surface area contributed by atoms with Crippen LogP contribution in [0.3, 0.4) is 0 Å². The van der Waals surface area contributed by atoms with Crippen molar-refractivity contribution in [2.24, 2.45) is 0 Å². The SMILES string of the molecule is Cc1ccc(F)cc1S(=O)(=O)N(CCCO)c1ccccc1. The molecule has 2 aromatic carbocycles. The molecule has 0 saturated carbocycles. The number of para-hydroxylation sites is 1. The lowest BCUT2D eigenvalue weighted by molar-refractivity contribution is 0.291. The van der Waals surface area contributed by atoms with Gasteiger partial charge in [-0.3, -0.25) is 4.31 Å². The smallest absolute Gasteiger partial charge is 0.264 e. The Balaban J connectivity index is 2.52. The van der Waals surface area contributed by atoms with E-state index in [2.05, 4.69) is 0 Å². The molecule has 0 atom stereocenters. The predicted molar refractivity (Wildman–Crippen MR) is 83.8 cm³/mol. The van der Waals surface area contributed by atoms with Gasteiger partial charge in [0.05, 0.1) is 10.6 Å². The van der Waals surface area contributed by atoms with E-state index in [1.54, 1.807) is 37.3 Å². The first-order chi connectivity index (χ1) is 10.5. The molecule has 0 aliphatic carbocycles. The molecule has 0 radical (unpaired) electrons. The van der Waals surface area contributed by atoms with E-state index < -0.39 is 15.8 Å². The highest BCUT2D eigenvalue weighted by Crippen LogP contribution is 2.26. The van der Waals surface area contributed by atoms with Crippen molar-refractivity contribution >= 4 is 15.7 Å². The molecule has 0 heterocycles. The van der Waals surface area contributed by atoms with Gasteiger partial charge in [0.25, 0.3) is 10.0 Å². The van der Waals surface area contributed by atoms with Crippen molar-refractivity contribution in [2.75, 3.05) is 17.5 Å². The maximum absolute atomic E-state index is 13.5. The van der Waals surface area contributed by atoms with Crippen LogP contribution >= 0.6 is 0 Å². The zero-order valence-corrected chi connectivity index (χ0v) is 13.1. The van der Waals surface area contributed by atoms with Crippen LogP contribution in [0.25, 0.3) is 0 Å². The number of anilines is 1. The molecule has 0 bridgehead atoms. The maximum Gasteiger partial charge on any atom is 0.264 e. The Kier molecular flexibility index (Phi) is 5.15. The molecular formula is C16H18FNO3S. The van der Waals surface area contributed by atoms with Crippen LogP contribution in [0, 0.1) is 12.7 Å². The van der Waals surface area contributed by atoms with Gasteiger partial charge in [-0.05, 0) is 43.2 Å². The summed E-state index contributed by atoms with van der Waals surface area (Å²) in [6.45, 7) is 1.63. The normalized spacial score (nSPS) is 11.4. The third-order valence-corrected chi connectivity index (χ3v) is 5.25. The van der Waals surface area contributed by atoms with Gasteiger partial charge in [0.15, 0.2) is 0 Å². The minimum absolute atomic E-state index is 0.0608.